The van der Waals surface area contributed by atoms with Crippen LogP contribution in [-0.2, 0) is 16.9 Å². The van der Waals surface area contributed by atoms with E-state index in [-0.39, 0.29) is 9.79 Å². The van der Waals surface area contributed by atoms with Gasteiger partial charge in [0, 0.05) is 30.5 Å². The van der Waals surface area contributed by atoms with Crippen LogP contribution < -0.4 is 0 Å². The van der Waals surface area contributed by atoms with Crippen LogP contribution >= 0.6 is 0 Å². The molecule has 0 aliphatic rings. The molecule has 0 spiro atoms. The van der Waals surface area contributed by atoms with Gasteiger partial charge in [0.15, 0.2) is 0 Å². The molecule has 0 fully saturated rings. The van der Waals surface area contributed by atoms with Crippen LogP contribution in [-0.4, -0.2) is 22.5 Å². The molecular weight excluding hydrogens is 377 g/mol. The van der Waals surface area contributed by atoms with Crippen LogP contribution in [0.25, 0.3) is 16.6 Å². The van der Waals surface area contributed by atoms with Crippen molar-refractivity contribution in [2.45, 2.75) is 30.6 Å². The zero-order valence-electron chi connectivity index (χ0n) is 16.1. The quantitative estimate of drug-likeness (QED) is 0.519. The molecule has 4 rings (SSSR count). The summed E-state index contributed by atoms with van der Waals surface area (Å²) in [5.41, 5.74) is 3.34. The van der Waals surface area contributed by atoms with Gasteiger partial charge in [0.1, 0.15) is 5.82 Å². The van der Waals surface area contributed by atoms with E-state index in [4.69, 9.17) is 0 Å². The van der Waals surface area contributed by atoms with Gasteiger partial charge < -0.3 is 9.13 Å². The Morgan fingerprint density at radius 1 is 0.964 bits per heavy atom. The summed E-state index contributed by atoms with van der Waals surface area (Å²) in [7, 11) is -2.17. The van der Waals surface area contributed by atoms with Crippen molar-refractivity contribution in [1.29, 1.82) is 0 Å². The summed E-state index contributed by atoms with van der Waals surface area (Å²) in [6, 6.07) is 8.13. The molecule has 28 heavy (non-hydrogen) atoms. The Kier molecular flexibility index (Phi) is 4.15. The number of rotatable bonds is 3. The molecule has 5 nitrogen and oxygen atoms in total. The Bertz CT molecular complexity index is 1330. The van der Waals surface area contributed by atoms with Gasteiger partial charge in [0.25, 0.3) is 0 Å². The molecule has 2 aromatic carbocycles. The number of imidazole rings is 1. The number of halogens is 1. The maximum atomic E-state index is 14.3. The third-order valence-electron chi connectivity index (χ3n) is 4.99. The molecule has 0 saturated heterocycles. The Morgan fingerprint density at radius 3 is 2.36 bits per heavy atom. The number of hydrogen-bond acceptors (Lipinski definition) is 3. The van der Waals surface area contributed by atoms with Crippen LogP contribution in [0.5, 0.6) is 0 Å². The number of sulfone groups is 1. The zero-order chi connectivity index (χ0) is 20.2. The van der Waals surface area contributed by atoms with E-state index in [9.17, 15) is 12.8 Å². The van der Waals surface area contributed by atoms with Gasteiger partial charge in [0.05, 0.1) is 27.3 Å². The van der Waals surface area contributed by atoms with E-state index in [1.807, 2.05) is 23.8 Å². The second-order valence-corrected chi connectivity index (χ2v) is 8.95. The van der Waals surface area contributed by atoms with E-state index < -0.39 is 15.7 Å². The average molecular weight is 397 g/mol. The van der Waals surface area contributed by atoms with Crippen molar-refractivity contribution in [3.8, 4) is 5.69 Å². The Hall–Kier alpha value is -2.93. The highest BCUT2D eigenvalue weighted by Crippen LogP contribution is 2.34. The van der Waals surface area contributed by atoms with E-state index in [1.54, 1.807) is 45.4 Å². The second-order valence-electron chi connectivity index (χ2n) is 7.07. The summed E-state index contributed by atoms with van der Waals surface area (Å²) in [5, 5.41) is 0.427. The minimum atomic E-state index is -3.82. The molecule has 2 heterocycles. The minimum Gasteiger partial charge on any atom is -0.347 e. The molecule has 0 amide bonds. The number of benzene rings is 2. The van der Waals surface area contributed by atoms with Crippen molar-refractivity contribution in [2.24, 2.45) is 7.05 Å². The topological polar surface area (TPSA) is 56.9 Å². The van der Waals surface area contributed by atoms with Gasteiger partial charge in [-0.15, -0.1) is 0 Å². The summed E-state index contributed by atoms with van der Waals surface area (Å²) in [4.78, 5) is 4.54. The zero-order valence-corrected chi connectivity index (χ0v) is 16.9. The van der Waals surface area contributed by atoms with Crippen molar-refractivity contribution in [2.75, 3.05) is 0 Å². The lowest BCUT2D eigenvalue weighted by Crippen LogP contribution is -2.05. The molecular formula is C21H20FN3O2S. The maximum absolute atomic E-state index is 14.3. The smallest absolute Gasteiger partial charge is 0.208 e. The fraction of sp³-hybridized carbons (Fsp3) is 0.190. The van der Waals surface area contributed by atoms with E-state index in [1.165, 1.54) is 16.8 Å². The highest BCUT2D eigenvalue weighted by Gasteiger charge is 2.26. The molecule has 0 bridgehead atoms. The first kappa shape index (κ1) is 18.4. The van der Waals surface area contributed by atoms with Crippen molar-refractivity contribution < 1.29 is 12.8 Å². The van der Waals surface area contributed by atoms with E-state index in [2.05, 4.69) is 4.98 Å². The highest BCUT2D eigenvalue weighted by molar-refractivity contribution is 7.91. The van der Waals surface area contributed by atoms with Crippen LogP contribution in [0.4, 0.5) is 4.39 Å². The summed E-state index contributed by atoms with van der Waals surface area (Å²) in [5.74, 6) is -0.438. The van der Waals surface area contributed by atoms with Crippen LogP contribution in [0.2, 0.25) is 0 Å². The van der Waals surface area contributed by atoms with Gasteiger partial charge in [-0.05, 0) is 56.2 Å². The molecule has 144 valence electrons. The summed E-state index contributed by atoms with van der Waals surface area (Å²) >= 11 is 0. The van der Waals surface area contributed by atoms with Gasteiger partial charge in [-0.25, -0.2) is 17.8 Å². The molecule has 4 aromatic rings. The van der Waals surface area contributed by atoms with Crippen molar-refractivity contribution in [3.05, 3.63) is 71.7 Å². The third-order valence-corrected chi connectivity index (χ3v) is 6.92. The highest BCUT2D eigenvalue weighted by atomic mass is 32.2. The van der Waals surface area contributed by atoms with Crippen molar-refractivity contribution >= 4 is 20.7 Å². The second kappa shape index (κ2) is 6.31. The number of fused-ring (bicyclic) bond motifs is 1. The Balaban J connectivity index is 1.90. The lowest BCUT2D eigenvalue weighted by Gasteiger charge is -2.10. The van der Waals surface area contributed by atoms with Crippen LogP contribution in [0.15, 0.2) is 58.8 Å². The molecule has 0 radical (unpaired) electrons. The number of nitrogens with zero attached hydrogens (tertiary/aromatic N) is 3. The first-order chi connectivity index (χ1) is 13.2. The first-order valence-corrected chi connectivity index (χ1v) is 10.3. The molecule has 0 aliphatic heterocycles. The lowest BCUT2D eigenvalue weighted by molar-refractivity contribution is 0.596. The van der Waals surface area contributed by atoms with Crippen LogP contribution in [0, 0.1) is 26.6 Å². The molecule has 0 aliphatic carbocycles. The first-order valence-electron chi connectivity index (χ1n) is 8.81. The number of hydrogen-bond donors (Lipinski definition) is 0. The van der Waals surface area contributed by atoms with E-state index in [0.717, 1.165) is 16.9 Å². The molecule has 2 aromatic heterocycles. The number of aromatic nitrogens is 3. The molecule has 0 N–H and O–H groups in total. The fourth-order valence-corrected chi connectivity index (χ4v) is 5.40. The van der Waals surface area contributed by atoms with Gasteiger partial charge in [0.2, 0.25) is 9.84 Å². The van der Waals surface area contributed by atoms with Crippen molar-refractivity contribution in [1.82, 2.24) is 14.1 Å². The predicted molar refractivity (Wildman–Crippen MR) is 106 cm³/mol. The molecule has 0 atom stereocenters. The van der Waals surface area contributed by atoms with Gasteiger partial charge in [-0.1, -0.05) is 6.07 Å². The van der Waals surface area contributed by atoms with E-state index in [0.29, 0.717) is 16.5 Å². The van der Waals surface area contributed by atoms with E-state index >= 15 is 0 Å². The maximum Gasteiger partial charge on any atom is 0.208 e. The molecule has 0 unspecified atom stereocenters. The summed E-state index contributed by atoms with van der Waals surface area (Å²) in [6.45, 7) is 5.45. The third kappa shape index (κ3) is 2.74. The number of aryl methyl sites for hydroxylation is 4. The average Bonchev–Trinajstić information content (AvgIpc) is 3.22. The van der Waals surface area contributed by atoms with Crippen LogP contribution in [0.3, 0.4) is 0 Å². The Labute approximate surface area is 163 Å². The summed E-state index contributed by atoms with van der Waals surface area (Å²) in [6.07, 6.45) is 5.05. The SMILES string of the molecule is Cc1cn(-c2ccc(S(=O)(=O)c3cn(C)c4c(F)ccc(C)c34)c(C)c2)cn1. The largest absolute Gasteiger partial charge is 0.347 e. The standard InChI is InChI=1S/C21H20FN3O2S/c1-13-5-7-17(22)21-20(13)19(11-24(21)4)28(26,27)18-8-6-16(9-14(18)2)25-10-15(3)23-12-25/h5-12H,1-4H3. The molecule has 7 heteroatoms. The Morgan fingerprint density at radius 2 is 1.71 bits per heavy atom. The van der Waals surface area contributed by atoms with Gasteiger partial charge in [-0.2, -0.15) is 0 Å². The normalized spacial score (nSPS) is 12.0. The monoisotopic (exact) mass is 397 g/mol. The van der Waals surface area contributed by atoms with Gasteiger partial charge >= 0.3 is 0 Å². The van der Waals surface area contributed by atoms with Gasteiger partial charge in [-0.3, -0.25) is 0 Å². The summed E-state index contributed by atoms with van der Waals surface area (Å²) < 4.78 is 44.6. The molecule has 0 saturated carbocycles. The predicted octanol–water partition coefficient (Wildman–Crippen LogP) is 4.26. The lowest BCUT2D eigenvalue weighted by atomic mass is 10.1. The van der Waals surface area contributed by atoms with Crippen molar-refractivity contribution in [3.63, 3.8) is 0 Å². The van der Waals surface area contributed by atoms with Crippen LogP contribution in [0.1, 0.15) is 16.8 Å². The minimum absolute atomic E-state index is 0.122. The fourth-order valence-electron chi connectivity index (χ4n) is 3.61.